The second kappa shape index (κ2) is 10.3. The minimum absolute atomic E-state index is 0. The molecule has 0 spiro atoms. The van der Waals surface area contributed by atoms with Gasteiger partial charge in [0, 0.05) is 50.6 Å². The maximum atomic E-state index is 12.0. The number of halogens is 2. The Labute approximate surface area is 142 Å². The van der Waals surface area contributed by atoms with Gasteiger partial charge in [-0.25, -0.2) is 4.98 Å². The molecule has 1 aromatic heterocycles. The molecule has 122 valence electrons. The van der Waals surface area contributed by atoms with Gasteiger partial charge >= 0.3 is 0 Å². The minimum atomic E-state index is 0. The van der Waals surface area contributed by atoms with Crippen molar-refractivity contribution in [2.45, 2.75) is 19.9 Å². The van der Waals surface area contributed by atoms with Crippen LogP contribution in [-0.2, 0) is 11.3 Å². The number of hydrogen-bond acceptors (Lipinski definition) is 5. The molecule has 8 heteroatoms. The first-order valence-corrected chi connectivity index (χ1v) is 7.61. The van der Waals surface area contributed by atoms with Gasteiger partial charge in [-0.1, -0.05) is 0 Å². The van der Waals surface area contributed by atoms with Crippen LogP contribution in [0.5, 0.6) is 0 Å². The first-order chi connectivity index (χ1) is 9.16. The molecule has 1 fully saturated rings. The van der Waals surface area contributed by atoms with Gasteiger partial charge in [-0.2, -0.15) is 0 Å². The van der Waals surface area contributed by atoms with E-state index in [1.54, 1.807) is 11.3 Å². The maximum Gasteiger partial charge on any atom is 0.223 e. The summed E-state index contributed by atoms with van der Waals surface area (Å²) in [4.78, 5) is 21.7. The molecular weight excluding hydrogens is 331 g/mol. The van der Waals surface area contributed by atoms with Crippen LogP contribution in [0.4, 0.5) is 0 Å². The SMILES string of the molecule is Cc1ncsc1CN(C)CCC(=O)N1CCNCC1.Cl.Cl. The van der Waals surface area contributed by atoms with E-state index in [0.29, 0.717) is 6.42 Å². The van der Waals surface area contributed by atoms with Crippen molar-refractivity contribution in [1.29, 1.82) is 0 Å². The molecule has 0 bridgehead atoms. The van der Waals surface area contributed by atoms with Crippen molar-refractivity contribution in [3.8, 4) is 0 Å². The first kappa shape index (κ1) is 20.6. The first-order valence-electron chi connectivity index (χ1n) is 6.73. The molecule has 1 N–H and O–H groups in total. The number of aryl methyl sites for hydroxylation is 1. The monoisotopic (exact) mass is 354 g/mol. The summed E-state index contributed by atoms with van der Waals surface area (Å²) in [6.07, 6.45) is 0.606. The lowest BCUT2D eigenvalue weighted by atomic mass is 10.3. The lowest BCUT2D eigenvalue weighted by Crippen LogP contribution is -2.47. The summed E-state index contributed by atoms with van der Waals surface area (Å²) in [6, 6.07) is 0. The molecule has 2 heterocycles. The Bertz CT molecular complexity index is 424. The number of nitrogens with one attached hydrogen (secondary N) is 1. The third kappa shape index (κ3) is 6.48. The third-order valence-electron chi connectivity index (χ3n) is 3.44. The fourth-order valence-electron chi connectivity index (χ4n) is 2.16. The van der Waals surface area contributed by atoms with E-state index in [0.717, 1.165) is 45.0 Å². The molecule has 1 amide bonds. The van der Waals surface area contributed by atoms with E-state index < -0.39 is 0 Å². The highest BCUT2D eigenvalue weighted by Crippen LogP contribution is 2.14. The molecule has 0 radical (unpaired) electrons. The molecule has 1 saturated heterocycles. The Kier molecular flexibility index (Phi) is 10.1. The van der Waals surface area contributed by atoms with Crippen LogP contribution >= 0.6 is 36.2 Å². The van der Waals surface area contributed by atoms with Gasteiger partial charge in [-0.05, 0) is 14.0 Å². The number of rotatable bonds is 5. The van der Waals surface area contributed by atoms with E-state index in [2.05, 4.69) is 22.2 Å². The van der Waals surface area contributed by atoms with E-state index in [9.17, 15) is 4.79 Å². The van der Waals surface area contributed by atoms with E-state index in [4.69, 9.17) is 0 Å². The Hall–Kier alpha value is -0.400. The zero-order chi connectivity index (χ0) is 13.7. The second-order valence-corrected chi connectivity index (χ2v) is 5.92. The minimum Gasteiger partial charge on any atom is -0.340 e. The van der Waals surface area contributed by atoms with Crippen LogP contribution in [0.15, 0.2) is 5.51 Å². The fourth-order valence-corrected chi connectivity index (χ4v) is 3.02. The summed E-state index contributed by atoms with van der Waals surface area (Å²) in [5.74, 6) is 0.273. The van der Waals surface area contributed by atoms with Gasteiger partial charge in [0.15, 0.2) is 0 Å². The van der Waals surface area contributed by atoms with Crippen LogP contribution in [0.1, 0.15) is 17.0 Å². The quantitative estimate of drug-likeness (QED) is 0.871. The van der Waals surface area contributed by atoms with Crippen LogP contribution in [0.3, 0.4) is 0 Å². The van der Waals surface area contributed by atoms with Gasteiger partial charge in [0.2, 0.25) is 5.91 Å². The molecule has 0 atom stereocenters. The number of carbonyl (C=O) groups is 1. The molecule has 0 aromatic carbocycles. The second-order valence-electron chi connectivity index (χ2n) is 4.98. The normalized spacial score (nSPS) is 14.5. The predicted molar refractivity (Wildman–Crippen MR) is 91.7 cm³/mol. The van der Waals surface area contributed by atoms with Crippen molar-refractivity contribution < 1.29 is 4.79 Å². The van der Waals surface area contributed by atoms with Gasteiger partial charge in [0.1, 0.15) is 0 Å². The lowest BCUT2D eigenvalue weighted by Gasteiger charge is -2.28. The Morgan fingerprint density at radius 2 is 2.10 bits per heavy atom. The van der Waals surface area contributed by atoms with Crippen LogP contribution in [0.25, 0.3) is 0 Å². The molecule has 0 aliphatic carbocycles. The summed E-state index contributed by atoms with van der Waals surface area (Å²) in [5, 5.41) is 3.26. The summed E-state index contributed by atoms with van der Waals surface area (Å²) >= 11 is 1.68. The molecule has 0 saturated carbocycles. The van der Waals surface area contributed by atoms with Crippen molar-refractivity contribution in [2.24, 2.45) is 0 Å². The molecule has 21 heavy (non-hydrogen) atoms. The van der Waals surface area contributed by atoms with Gasteiger partial charge < -0.3 is 15.1 Å². The van der Waals surface area contributed by atoms with E-state index >= 15 is 0 Å². The number of carbonyl (C=O) groups excluding carboxylic acids is 1. The number of amides is 1. The van der Waals surface area contributed by atoms with Crippen LogP contribution in [0, 0.1) is 6.92 Å². The number of aromatic nitrogens is 1. The highest BCUT2D eigenvalue weighted by molar-refractivity contribution is 7.09. The molecule has 5 nitrogen and oxygen atoms in total. The average Bonchev–Trinajstić information content (AvgIpc) is 2.82. The van der Waals surface area contributed by atoms with Gasteiger partial charge in [0.05, 0.1) is 11.2 Å². The van der Waals surface area contributed by atoms with Crippen LogP contribution in [-0.4, -0.2) is 60.5 Å². The summed E-state index contributed by atoms with van der Waals surface area (Å²) in [6.45, 7) is 7.24. The van der Waals surface area contributed by atoms with E-state index in [-0.39, 0.29) is 30.7 Å². The highest BCUT2D eigenvalue weighted by atomic mass is 35.5. The molecule has 1 aromatic rings. The topological polar surface area (TPSA) is 48.5 Å². The molecular formula is C13H24Cl2N4OS. The van der Waals surface area contributed by atoms with Crippen molar-refractivity contribution in [2.75, 3.05) is 39.8 Å². The van der Waals surface area contributed by atoms with Crippen molar-refractivity contribution in [1.82, 2.24) is 20.1 Å². The third-order valence-corrected chi connectivity index (χ3v) is 4.36. The van der Waals surface area contributed by atoms with Crippen molar-refractivity contribution in [3.63, 3.8) is 0 Å². The zero-order valence-electron chi connectivity index (χ0n) is 12.5. The Balaban J connectivity index is 0.00000200. The molecule has 2 rings (SSSR count). The van der Waals surface area contributed by atoms with Crippen molar-refractivity contribution >= 4 is 42.1 Å². The smallest absolute Gasteiger partial charge is 0.223 e. The van der Waals surface area contributed by atoms with Gasteiger partial charge in [-0.15, -0.1) is 36.2 Å². The zero-order valence-corrected chi connectivity index (χ0v) is 15.0. The largest absolute Gasteiger partial charge is 0.340 e. The predicted octanol–water partition coefficient (Wildman–Crippen LogP) is 1.55. The number of hydrogen-bond donors (Lipinski definition) is 1. The highest BCUT2D eigenvalue weighted by Gasteiger charge is 2.16. The van der Waals surface area contributed by atoms with Gasteiger partial charge in [-0.3, -0.25) is 4.79 Å². The number of piperazine rings is 1. The van der Waals surface area contributed by atoms with Gasteiger partial charge in [0.25, 0.3) is 0 Å². The van der Waals surface area contributed by atoms with Crippen molar-refractivity contribution in [3.05, 3.63) is 16.1 Å². The van der Waals surface area contributed by atoms with Crippen LogP contribution < -0.4 is 5.32 Å². The number of thiazole rings is 1. The number of nitrogens with zero attached hydrogens (tertiary/aromatic N) is 3. The summed E-state index contributed by atoms with van der Waals surface area (Å²) < 4.78 is 0. The molecule has 1 aliphatic rings. The summed E-state index contributed by atoms with van der Waals surface area (Å²) in [7, 11) is 2.06. The van der Waals surface area contributed by atoms with E-state index in [1.165, 1.54) is 4.88 Å². The maximum absolute atomic E-state index is 12.0. The van der Waals surface area contributed by atoms with E-state index in [1.807, 2.05) is 17.3 Å². The Morgan fingerprint density at radius 3 is 2.67 bits per heavy atom. The summed E-state index contributed by atoms with van der Waals surface area (Å²) in [5.41, 5.74) is 2.98. The lowest BCUT2D eigenvalue weighted by molar-refractivity contribution is -0.132. The average molecular weight is 355 g/mol. The molecule has 1 aliphatic heterocycles. The molecule has 0 unspecified atom stereocenters. The van der Waals surface area contributed by atoms with Crippen LogP contribution in [0.2, 0.25) is 0 Å². The Morgan fingerprint density at radius 1 is 1.43 bits per heavy atom. The fraction of sp³-hybridized carbons (Fsp3) is 0.692. The standard InChI is InChI=1S/C13H22N4OS.2ClH/c1-11-12(19-10-15-11)9-16(2)6-3-13(18)17-7-4-14-5-8-17;;/h10,14H,3-9H2,1-2H3;2*1H.